The Balaban J connectivity index is 1.80. The van der Waals surface area contributed by atoms with Crippen LogP contribution in [-0.2, 0) is 6.54 Å². The quantitative estimate of drug-likeness (QED) is 0.565. The van der Waals surface area contributed by atoms with Crippen molar-refractivity contribution in [2.75, 3.05) is 0 Å². The van der Waals surface area contributed by atoms with Gasteiger partial charge in [0, 0.05) is 0 Å². The Labute approximate surface area is 119 Å². The van der Waals surface area contributed by atoms with Gasteiger partial charge >= 0.3 is 0 Å². The van der Waals surface area contributed by atoms with E-state index in [4.69, 9.17) is 4.42 Å². The molecule has 2 aromatic carbocycles. The van der Waals surface area contributed by atoms with E-state index in [-0.39, 0.29) is 12.1 Å². The number of oxazole rings is 1. The van der Waals surface area contributed by atoms with Gasteiger partial charge in [0.05, 0.1) is 17.2 Å². The number of para-hydroxylation sites is 3. The lowest BCUT2D eigenvalue weighted by Crippen LogP contribution is -2.21. The van der Waals surface area contributed by atoms with Crippen LogP contribution in [-0.4, -0.2) is 14.5 Å². The minimum Gasteiger partial charge on any atom is -0.439 e. The molecule has 0 unspecified atom stereocenters. The van der Waals surface area contributed by atoms with Gasteiger partial charge in [0.15, 0.2) is 5.58 Å². The first-order valence-electron chi connectivity index (χ1n) is 6.60. The molecule has 0 aliphatic rings. The molecule has 0 fully saturated rings. The van der Waals surface area contributed by atoms with E-state index in [1.165, 1.54) is 10.9 Å². The van der Waals surface area contributed by atoms with Crippen LogP contribution < -0.4 is 5.56 Å². The van der Waals surface area contributed by atoms with Crippen molar-refractivity contribution in [1.29, 1.82) is 0 Å². The highest BCUT2D eigenvalue weighted by molar-refractivity contribution is 5.77. The fraction of sp³-hybridized carbons (Fsp3) is 0.0625. The maximum Gasteiger partial charge on any atom is 0.261 e. The van der Waals surface area contributed by atoms with E-state index >= 15 is 0 Å². The molecule has 0 N–H and O–H groups in total. The molecule has 0 spiro atoms. The molecular formula is C16H11N3O2. The van der Waals surface area contributed by atoms with Crippen LogP contribution in [0.4, 0.5) is 0 Å². The van der Waals surface area contributed by atoms with E-state index in [2.05, 4.69) is 9.97 Å². The number of hydrogen-bond donors (Lipinski definition) is 0. The molecule has 0 saturated heterocycles. The first-order valence-corrected chi connectivity index (χ1v) is 6.60. The Kier molecular flexibility index (Phi) is 2.57. The summed E-state index contributed by atoms with van der Waals surface area (Å²) in [5.41, 5.74) is 2.10. The second-order valence-corrected chi connectivity index (χ2v) is 4.77. The van der Waals surface area contributed by atoms with Crippen molar-refractivity contribution in [3.8, 4) is 0 Å². The SMILES string of the molecule is O=c1c2ccccc2ncn1Cc1nc2ccccc2o1. The summed E-state index contributed by atoms with van der Waals surface area (Å²) in [5.74, 6) is 0.496. The van der Waals surface area contributed by atoms with Gasteiger partial charge in [-0.1, -0.05) is 24.3 Å². The van der Waals surface area contributed by atoms with E-state index in [1.54, 1.807) is 6.07 Å². The van der Waals surface area contributed by atoms with Gasteiger partial charge in [-0.3, -0.25) is 9.36 Å². The van der Waals surface area contributed by atoms with Crippen molar-refractivity contribution < 1.29 is 4.42 Å². The van der Waals surface area contributed by atoms with Gasteiger partial charge in [0.1, 0.15) is 12.1 Å². The van der Waals surface area contributed by atoms with Crippen LogP contribution in [0.5, 0.6) is 0 Å². The third-order valence-corrected chi connectivity index (χ3v) is 3.38. The molecule has 4 aromatic rings. The highest BCUT2D eigenvalue weighted by atomic mass is 16.3. The van der Waals surface area contributed by atoms with Gasteiger partial charge in [0.2, 0.25) is 5.89 Å². The minimum absolute atomic E-state index is 0.0946. The molecule has 0 amide bonds. The van der Waals surface area contributed by atoms with Crippen LogP contribution in [0, 0.1) is 0 Å². The van der Waals surface area contributed by atoms with Crippen LogP contribution in [0.1, 0.15) is 5.89 Å². The zero-order valence-corrected chi connectivity index (χ0v) is 11.1. The van der Waals surface area contributed by atoms with Gasteiger partial charge < -0.3 is 4.42 Å². The van der Waals surface area contributed by atoms with Crippen molar-refractivity contribution >= 4 is 22.0 Å². The Morgan fingerprint density at radius 2 is 1.76 bits per heavy atom. The molecule has 0 aliphatic carbocycles. The van der Waals surface area contributed by atoms with Crippen molar-refractivity contribution in [3.63, 3.8) is 0 Å². The number of rotatable bonds is 2. The molecule has 2 heterocycles. The highest BCUT2D eigenvalue weighted by Crippen LogP contribution is 2.15. The van der Waals surface area contributed by atoms with Crippen molar-refractivity contribution in [1.82, 2.24) is 14.5 Å². The Bertz CT molecular complexity index is 968. The molecule has 102 valence electrons. The summed E-state index contributed by atoms with van der Waals surface area (Å²) in [6.45, 7) is 0.269. The molecule has 0 bridgehead atoms. The molecule has 5 heteroatoms. The van der Waals surface area contributed by atoms with Gasteiger partial charge in [-0.25, -0.2) is 9.97 Å². The average molecular weight is 277 g/mol. The summed E-state index contributed by atoms with van der Waals surface area (Å²) in [7, 11) is 0. The molecule has 0 atom stereocenters. The molecule has 5 nitrogen and oxygen atoms in total. The monoisotopic (exact) mass is 277 g/mol. The van der Waals surface area contributed by atoms with Gasteiger partial charge in [-0.2, -0.15) is 0 Å². The maximum atomic E-state index is 12.4. The van der Waals surface area contributed by atoms with Crippen LogP contribution in [0.15, 0.2) is 64.1 Å². The normalized spacial score (nSPS) is 11.2. The van der Waals surface area contributed by atoms with Gasteiger partial charge in [-0.15, -0.1) is 0 Å². The van der Waals surface area contributed by atoms with Crippen LogP contribution in [0.3, 0.4) is 0 Å². The summed E-state index contributed by atoms with van der Waals surface area (Å²) in [6.07, 6.45) is 1.53. The Hall–Kier alpha value is -2.95. The number of hydrogen-bond acceptors (Lipinski definition) is 4. The molecule has 0 saturated carbocycles. The lowest BCUT2D eigenvalue weighted by Gasteiger charge is -2.03. The van der Waals surface area contributed by atoms with Crippen molar-refractivity contribution in [3.05, 3.63) is 71.1 Å². The summed E-state index contributed by atoms with van der Waals surface area (Å²) < 4.78 is 7.15. The van der Waals surface area contributed by atoms with Gasteiger partial charge in [-0.05, 0) is 24.3 Å². The third-order valence-electron chi connectivity index (χ3n) is 3.38. The standard InChI is InChI=1S/C16H11N3O2/c20-16-11-5-1-2-6-12(11)17-10-19(16)9-15-18-13-7-3-4-8-14(13)21-15/h1-8,10H,9H2. The summed E-state index contributed by atoms with van der Waals surface area (Å²) in [5, 5.41) is 0.594. The third kappa shape index (κ3) is 1.99. The maximum absolute atomic E-state index is 12.4. The summed E-state index contributed by atoms with van der Waals surface area (Å²) >= 11 is 0. The smallest absolute Gasteiger partial charge is 0.261 e. The van der Waals surface area contributed by atoms with E-state index in [0.29, 0.717) is 22.4 Å². The second kappa shape index (κ2) is 4.56. The predicted molar refractivity (Wildman–Crippen MR) is 79.1 cm³/mol. The Morgan fingerprint density at radius 3 is 2.62 bits per heavy atom. The van der Waals surface area contributed by atoms with Crippen LogP contribution in [0.25, 0.3) is 22.0 Å². The molecule has 4 rings (SSSR count). The minimum atomic E-state index is -0.0946. The fourth-order valence-electron chi connectivity index (χ4n) is 2.35. The van der Waals surface area contributed by atoms with E-state index in [9.17, 15) is 4.79 Å². The number of fused-ring (bicyclic) bond motifs is 2. The predicted octanol–water partition coefficient (Wildman–Crippen LogP) is 2.59. The topological polar surface area (TPSA) is 60.9 Å². The fourth-order valence-corrected chi connectivity index (χ4v) is 2.35. The largest absolute Gasteiger partial charge is 0.439 e. The highest BCUT2D eigenvalue weighted by Gasteiger charge is 2.08. The number of aromatic nitrogens is 3. The molecular weight excluding hydrogens is 266 g/mol. The zero-order chi connectivity index (χ0) is 14.2. The molecule has 0 radical (unpaired) electrons. The van der Waals surface area contributed by atoms with Crippen LogP contribution >= 0.6 is 0 Å². The first-order chi connectivity index (χ1) is 10.3. The van der Waals surface area contributed by atoms with E-state index in [1.807, 2.05) is 42.5 Å². The van der Waals surface area contributed by atoms with Crippen molar-refractivity contribution in [2.45, 2.75) is 6.54 Å². The second-order valence-electron chi connectivity index (χ2n) is 4.77. The molecule has 2 aromatic heterocycles. The first kappa shape index (κ1) is 11.8. The number of benzene rings is 2. The lowest BCUT2D eigenvalue weighted by molar-refractivity contribution is 0.503. The molecule has 21 heavy (non-hydrogen) atoms. The summed E-state index contributed by atoms with van der Waals surface area (Å²) in [4.78, 5) is 21.1. The number of nitrogens with zero attached hydrogens (tertiary/aromatic N) is 3. The van der Waals surface area contributed by atoms with Crippen molar-refractivity contribution in [2.24, 2.45) is 0 Å². The average Bonchev–Trinajstić information content (AvgIpc) is 2.93. The van der Waals surface area contributed by atoms with E-state index in [0.717, 1.165) is 5.52 Å². The van der Waals surface area contributed by atoms with Gasteiger partial charge in [0.25, 0.3) is 5.56 Å². The van der Waals surface area contributed by atoms with Crippen LogP contribution in [0.2, 0.25) is 0 Å². The zero-order valence-electron chi connectivity index (χ0n) is 11.1. The van der Waals surface area contributed by atoms with E-state index < -0.39 is 0 Å². The molecule has 0 aliphatic heterocycles. The summed E-state index contributed by atoms with van der Waals surface area (Å²) in [6, 6.07) is 14.8. The Morgan fingerprint density at radius 1 is 1.00 bits per heavy atom. The lowest BCUT2D eigenvalue weighted by atomic mass is 10.2.